The van der Waals surface area contributed by atoms with Crippen LogP contribution in [0.1, 0.15) is 35.3 Å². The highest BCUT2D eigenvalue weighted by Gasteiger charge is 2.52. The van der Waals surface area contributed by atoms with Crippen molar-refractivity contribution < 1.29 is 45.9 Å². The Labute approximate surface area is 235 Å². The molecule has 9 nitrogen and oxygen atoms in total. The molecule has 42 heavy (non-hydrogen) atoms. The number of imide groups is 1. The minimum absolute atomic E-state index is 0.0608. The van der Waals surface area contributed by atoms with Crippen molar-refractivity contribution in [1.29, 1.82) is 0 Å². The number of amides is 5. The molecule has 4 rings (SSSR count). The number of rotatable bonds is 6. The second kappa shape index (κ2) is 11.1. The molecule has 0 saturated carbocycles. The van der Waals surface area contributed by atoms with Crippen molar-refractivity contribution in [3.8, 4) is 0 Å². The molecule has 5 amide bonds. The molecule has 0 unspecified atom stereocenters. The number of nitrogens with zero attached hydrogens (tertiary/aromatic N) is 2. The van der Waals surface area contributed by atoms with Gasteiger partial charge in [-0.1, -0.05) is 6.07 Å². The fourth-order valence-electron chi connectivity index (χ4n) is 4.26. The molecule has 1 aliphatic heterocycles. The van der Waals surface area contributed by atoms with Gasteiger partial charge in [0.05, 0.1) is 36.2 Å². The van der Waals surface area contributed by atoms with Gasteiger partial charge in [-0.25, -0.2) is 28.1 Å². The maximum absolute atomic E-state index is 14.2. The van der Waals surface area contributed by atoms with Crippen LogP contribution in [0, 0.1) is 11.6 Å². The maximum Gasteiger partial charge on any atom is 0.419 e. The Balaban J connectivity index is 1.58. The molecule has 1 fully saturated rings. The van der Waals surface area contributed by atoms with E-state index in [1.807, 2.05) is 0 Å². The highest BCUT2D eigenvalue weighted by atomic mass is 19.4. The van der Waals surface area contributed by atoms with Gasteiger partial charge in [0.15, 0.2) is 0 Å². The lowest BCUT2D eigenvalue weighted by Gasteiger charge is -2.28. The molecule has 1 heterocycles. The first-order chi connectivity index (χ1) is 19.6. The normalized spacial score (nSPS) is 14.7. The number of halogens is 5. The standard InChI is InChI=1S/C28H23F5N4O5/c1-27(2)24(39)37(19-10-11-21(30)20(13-19)28(31,32)33)26(41)36(27)14-16-4-7-17(29)12-22(16)35-25(40)34-18-8-5-15(6-9-18)23(38)42-3/h4-13H,14H2,1-3H3,(H2,34,35,40). The van der Waals surface area contributed by atoms with Gasteiger partial charge in [0.1, 0.15) is 17.2 Å². The van der Waals surface area contributed by atoms with Crippen molar-refractivity contribution in [2.45, 2.75) is 32.1 Å². The van der Waals surface area contributed by atoms with Crippen LogP contribution in [0.3, 0.4) is 0 Å². The van der Waals surface area contributed by atoms with Crippen molar-refractivity contribution in [1.82, 2.24) is 4.90 Å². The largest absolute Gasteiger partial charge is 0.465 e. The SMILES string of the molecule is COC(=O)c1ccc(NC(=O)Nc2cc(F)ccc2CN2C(=O)N(c3ccc(F)c(C(F)(F)F)c3)C(=O)C2(C)C)cc1. The molecule has 2 N–H and O–H groups in total. The third-order valence-electron chi connectivity index (χ3n) is 6.55. The Kier molecular flexibility index (Phi) is 7.92. The van der Waals surface area contributed by atoms with Crippen LogP contribution in [0.4, 0.5) is 48.6 Å². The lowest BCUT2D eigenvalue weighted by molar-refractivity contribution is -0.140. The molecule has 1 aliphatic rings. The smallest absolute Gasteiger partial charge is 0.419 e. The zero-order valence-corrected chi connectivity index (χ0v) is 22.3. The molecule has 220 valence electrons. The second-order valence-corrected chi connectivity index (χ2v) is 9.68. The number of hydrogen-bond donors (Lipinski definition) is 2. The molecule has 0 radical (unpaired) electrons. The summed E-state index contributed by atoms with van der Waals surface area (Å²) in [5, 5.41) is 4.97. The molecule has 0 atom stereocenters. The number of esters is 1. The van der Waals surface area contributed by atoms with Gasteiger partial charge in [-0.05, 0) is 74.0 Å². The topological polar surface area (TPSA) is 108 Å². The fraction of sp³-hybridized carbons (Fsp3) is 0.214. The van der Waals surface area contributed by atoms with Gasteiger partial charge < -0.3 is 20.3 Å². The third kappa shape index (κ3) is 5.87. The summed E-state index contributed by atoms with van der Waals surface area (Å²) < 4.78 is 72.4. The van der Waals surface area contributed by atoms with Crippen LogP contribution >= 0.6 is 0 Å². The first kappa shape index (κ1) is 30.0. The minimum atomic E-state index is -5.07. The number of carbonyl (C=O) groups excluding carboxylic acids is 4. The Hall–Kier alpha value is -5.01. The van der Waals surface area contributed by atoms with E-state index in [1.54, 1.807) is 0 Å². The molecular formula is C28H23F5N4O5. The summed E-state index contributed by atoms with van der Waals surface area (Å²) in [6.45, 7) is 2.37. The third-order valence-corrected chi connectivity index (χ3v) is 6.55. The van der Waals surface area contributed by atoms with E-state index in [1.165, 1.54) is 51.3 Å². The summed E-state index contributed by atoms with van der Waals surface area (Å²) in [5.74, 6) is -3.75. The van der Waals surface area contributed by atoms with Crippen LogP contribution in [-0.4, -0.2) is 41.5 Å². The molecule has 3 aromatic carbocycles. The summed E-state index contributed by atoms with van der Waals surface area (Å²) in [6, 6.07) is 8.97. The highest BCUT2D eigenvalue weighted by Crippen LogP contribution is 2.38. The lowest BCUT2D eigenvalue weighted by Crippen LogP contribution is -2.43. The zero-order valence-electron chi connectivity index (χ0n) is 22.3. The molecule has 0 bridgehead atoms. The first-order valence-corrected chi connectivity index (χ1v) is 12.2. The monoisotopic (exact) mass is 590 g/mol. The van der Waals surface area contributed by atoms with Crippen LogP contribution in [-0.2, 0) is 22.3 Å². The summed E-state index contributed by atoms with van der Waals surface area (Å²) in [4.78, 5) is 52.4. The number of nitrogens with one attached hydrogen (secondary N) is 2. The summed E-state index contributed by atoms with van der Waals surface area (Å²) in [7, 11) is 1.22. The molecule has 1 saturated heterocycles. The van der Waals surface area contributed by atoms with E-state index in [4.69, 9.17) is 0 Å². The Bertz CT molecular complexity index is 1570. The van der Waals surface area contributed by atoms with Crippen LogP contribution in [0.25, 0.3) is 0 Å². The number of alkyl halides is 3. The number of urea groups is 2. The van der Waals surface area contributed by atoms with E-state index in [0.29, 0.717) is 17.0 Å². The van der Waals surface area contributed by atoms with E-state index in [0.717, 1.165) is 23.1 Å². The molecule has 0 spiro atoms. The second-order valence-electron chi connectivity index (χ2n) is 9.68. The summed E-state index contributed by atoms with van der Waals surface area (Å²) in [6.07, 6.45) is -5.07. The highest BCUT2D eigenvalue weighted by molar-refractivity contribution is 6.23. The van der Waals surface area contributed by atoms with Crippen molar-refractivity contribution in [3.63, 3.8) is 0 Å². The first-order valence-electron chi connectivity index (χ1n) is 12.2. The van der Waals surface area contributed by atoms with E-state index < -0.39 is 58.5 Å². The number of ether oxygens (including phenoxy) is 1. The van der Waals surface area contributed by atoms with Gasteiger partial charge in [0.25, 0.3) is 5.91 Å². The predicted octanol–water partition coefficient (Wildman–Crippen LogP) is 6.16. The predicted molar refractivity (Wildman–Crippen MR) is 141 cm³/mol. The van der Waals surface area contributed by atoms with Crippen LogP contribution in [0.15, 0.2) is 60.7 Å². The average molecular weight is 591 g/mol. The number of methoxy groups -OCH3 is 1. The van der Waals surface area contributed by atoms with Gasteiger partial charge in [0.2, 0.25) is 0 Å². The van der Waals surface area contributed by atoms with Crippen molar-refractivity contribution >= 4 is 41.0 Å². The Morgan fingerprint density at radius 3 is 2.21 bits per heavy atom. The van der Waals surface area contributed by atoms with E-state index >= 15 is 0 Å². The Morgan fingerprint density at radius 2 is 1.60 bits per heavy atom. The number of carbonyl (C=O) groups is 4. The van der Waals surface area contributed by atoms with Gasteiger partial charge in [-0.3, -0.25) is 4.79 Å². The van der Waals surface area contributed by atoms with Crippen LogP contribution in [0.5, 0.6) is 0 Å². The van der Waals surface area contributed by atoms with E-state index in [2.05, 4.69) is 15.4 Å². The molecule has 14 heteroatoms. The summed E-state index contributed by atoms with van der Waals surface area (Å²) in [5.41, 5.74) is -3.05. The number of benzene rings is 3. The minimum Gasteiger partial charge on any atom is -0.465 e. The lowest BCUT2D eigenvalue weighted by atomic mass is 10.0. The molecule has 0 aliphatic carbocycles. The average Bonchev–Trinajstić information content (AvgIpc) is 3.08. The summed E-state index contributed by atoms with van der Waals surface area (Å²) >= 11 is 0. The quantitative estimate of drug-likeness (QED) is 0.203. The van der Waals surface area contributed by atoms with Crippen molar-refractivity contribution in [2.75, 3.05) is 22.6 Å². The number of hydrogen-bond acceptors (Lipinski definition) is 5. The van der Waals surface area contributed by atoms with Gasteiger partial charge in [-0.2, -0.15) is 13.2 Å². The molecule has 3 aromatic rings. The zero-order chi connectivity index (χ0) is 31.0. The van der Waals surface area contributed by atoms with Gasteiger partial charge >= 0.3 is 24.2 Å². The maximum atomic E-state index is 14.2. The van der Waals surface area contributed by atoms with E-state index in [-0.39, 0.29) is 29.0 Å². The van der Waals surface area contributed by atoms with Gasteiger partial charge in [-0.15, -0.1) is 0 Å². The van der Waals surface area contributed by atoms with Crippen LogP contribution in [0.2, 0.25) is 0 Å². The van der Waals surface area contributed by atoms with Gasteiger partial charge in [0, 0.05) is 5.69 Å². The fourth-order valence-corrected chi connectivity index (χ4v) is 4.26. The number of anilines is 3. The van der Waals surface area contributed by atoms with Crippen molar-refractivity contribution in [2.24, 2.45) is 0 Å². The Morgan fingerprint density at radius 1 is 0.929 bits per heavy atom. The molecule has 0 aromatic heterocycles. The van der Waals surface area contributed by atoms with Crippen LogP contribution < -0.4 is 15.5 Å². The molecular weight excluding hydrogens is 567 g/mol. The van der Waals surface area contributed by atoms with Crippen molar-refractivity contribution in [3.05, 3.63) is 89.0 Å². The van der Waals surface area contributed by atoms with E-state index in [9.17, 15) is 41.1 Å².